The molecule has 1 N–H and O–H groups in total. The Bertz CT molecular complexity index is 1220. The summed E-state index contributed by atoms with van der Waals surface area (Å²) in [5.74, 6) is 2.35. The van der Waals surface area contributed by atoms with Gasteiger partial charge in [-0.15, -0.1) is 0 Å². The van der Waals surface area contributed by atoms with Gasteiger partial charge in [0.15, 0.2) is 0 Å². The van der Waals surface area contributed by atoms with E-state index in [-0.39, 0.29) is 5.76 Å². The number of aryl methyl sites for hydroxylation is 1. The first-order valence-corrected chi connectivity index (χ1v) is 15.7. The topological polar surface area (TPSA) is 39.6 Å². The van der Waals surface area contributed by atoms with Crippen LogP contribution in [0, 0.1) is 17.8 Å². The van der Waals surface area contributed by atoms with Crippen molar-refractivity contribution in [1.29, 1.82) is 0 Å². The van der Waals surface area contributed by atoms with Crippen LogP contribution in [0.4, 0.5) is 0 Å². The van der Waals surface area contributed by atoms with Crippen LogP contribution < -0.4 is 0 Å². The first-order chi connectivity index (χ1) is 19.0. The van der Waals surface area contributed by atoms with Gasteiger partial charge >= 0.3 is 0 Å². The first-order valence-electron chi connectivity index (χ1n) is 15.7. The normalized spacial score (nSPS) is 25.5. The van der Waals surface area contributed by atoms with Crippen LogP contribution in [0.3, 0.4) is 0 Å². The van der Waals surface area contributed by atoms with Crippen LogP contribution in [0.15, 0.2) is 54.2 Å². The summed E-state index contributed by atoms with van der Waals surface area (Å²) in [6, 6.07) is 2.62. The average molecular weight is 526 g/mol. The fourth-order valence-electron chi connectivity index (χ4n) is 7.22. The van der Waals surface area contributed by atoms with E-state index in [1.165, 1.54) is 38.5 Å². The molecule has 0 amide bonds. The summed E-state index contributed by atoms with van der Waals surface area (Å²) in [7, 11) is 0. The lowest BCUT2D eigenvalue weighted by molar-refractivity contribution is 0.140. The van der Waals surface area contributed by atoms with Gasteiger partial charge in [0.05, 0.1) is 11.4 Å². The van der Waals surface area contributed by atoms with Crippen LogP contribution >= 0.6 is 0 Å². The Balaban J connectivity index is 1.12. The average Bonchev–Trinajstić information content (AvgIpc) is 3.84. The SMILES string of the molecule is C=C(O)c1cc2c(nc1CCC)CCN(C1CCN(CC3C=C(C4CC4)C(C4CC4)=C/C3=C/CC)CC1)C2=C. The van der Waals surface area contributed by atoms with Gasteiger partial charge in [-0.05, 0) is 86.0 Å². The number of hydrogen-bond acceptors (Lipinski definition) is 4. The smallest absolute Gasteiger partial charge is 0.117 e. The number of pyridine rings is 1. The van der Waals surface area contributed by atoms with Gasteiger partial charge in [-0.1, -0.05) is 51.7 Å². The number of rotatable bonds is 9. The molecule has 0 aromatic carbocycles. The fraction of sp³-hybridized carbons (Fsp3) is 0.571. The van der Waals surface area contributed by atoms with Gasteiger partial charge in [0.25, 0.3) is 0 Å². The number of aromatic nitrogens is 1. The first kappa shape index (κ1) is 26.6. The van der Waals surface area contributed by atoms with Gasteiger partial charge in [-0.2, -0.15) is 0 Å². The Hall–Kier alpha value is -2.59. The zero-order valence-corrected chi connectivity index (χ0v) is 24.2. The molecule has 4 heteroatoms. The van der Waals surface area contributed by atoms with Gasteiger partial charge in [0.2, 0.25) is 0 Å². The van der Waals surface area contributed by atoms with Crippen molar-refractivity contribution in [3.8, 4) is 0 Å². The molecule has 2 aliphatic heterocycles. The highest BCUT2D eigenvalue weighted by Gasteiger charge is 2.38. The molecule has 0 bridgehead atoms. The second-order valence-corrected chi connectivity index (χ2v) is 12.6. The van der Waals surface area contributed by atoms with Crippen molar-refractivity contribution in [3.05, 3.63) is 76.7 Å². The highest BCUT2D eigenvalue weighted by molar-refractivity contribution is 5.71. The maximum absolute atomic E-state index is 10.2. The molecule has 0 spiro atoms. The lowest BCUT2D eigenvalue weighted by atomic mass is 9.81. The van der Waals surface area contributed by atoms with E-state index >= 15 is 0 Å². The van der Waals surface area contributed by atoms with E-state index in [0.29, 0.717) is 12.0 Å². The van der Waals surface area contributed by atoms with E-state index in [9.17, 15) is 5.11 Å². The zero-order valence-electron chi connectivity index (χ0n) is 24.2. The highest BCUT2D eigenvalue weighted by Crippen LogP contribution is 2.51. The van der Waals surface area contributed by atoms with Crippen molar-refractivity contribution >= 4 is 11.5 Å². The highest BCUT2D eigenvalue weighted by atomic mass is 16.3. The van der Waals surface area contributed by atoms with Crippen molar-refractivity contribution in [1.82, 2.24) is 14.8 Å². The predicted molar refractivity (Wildman–Crippen MR) is 162 cm³/mol. The lowest BCUT2D eigenvalue weighted by Gasteiger charge is -2.43. The molecule has 3 aliphatic carbocycles. The Morgan fingerprint density at radius 2 is 1.77 bits per heavy atom. The molecule has 1 aromatic heterocycles. The monoisotopic (exact) mass is 525 g/mol. The molecule has 3 heterocycles. The van der Waals surface area contributed by atoms with Gasteiger partial charge in [-0.25, -0.2) is 0 Å². The van der Waals surface area contributed by atoms with E-state index in [0.717, 1.165) is 91.9 Å². The second-order valence-electron chi connectivity index (χ2n) is 12.6. The number of nitrogens with zero attached hydrogens (tertiary/aromatic N) is 3. The third-order valence-corrected chi connectivity index (χ3v) is 9.62. The van der Waals surface area contributed by atoms with Crippen LogP contribution in [0.1, 0.15) is 87.7 Å². The maximum atomic E-state index is 10.2. The molecule has 5 aliphatic rings. The summed E-state index contributed by atoms with van der Waals surface area (Å²) >= 11 is 0. The molecule has 1 atom stereocenters. The molecule has 208 valence electrons. The Morgan fingerprint density at radius 3 is 2.41 bits per heavy atom. The number of aliphatic hydroxyl groups is 1. The Labute approximate surface area is 235 Å². The second kappa shape index (κ2) is 11.1. The van der Waals surface area contributed by atoms with Gasteiger partial charge in [0.1, 0.15) is 5.76 Å². The number of allylic oxidation sites excluding steroid dienone is 4. The van der Waals surface area contributed by atoms with Gasteiger partial charge in [-0.3, -0.25) is 4.98 Å². The molecule has 2 saturated carbocycles. The summed E-state index contributed by atoms with van der Waals surface area (Å²) in [6.45, 7) is 17.2. The lowest BCUT2D eigenvalue weighted by Crippen LogP contribution is -2.47. The van der Waals surface area contributed by atoms with Crippen LogP contribution in [-0.4, -0.2) is 52.1 Å². The zero-order chi connectivity index (χ0) is 27.1. The van der Waals surface area contributed by atoms with E-state index in [4.69, 9.17) is 4.98 Å². The van der Waals surface area contributed by atoms with Crippen LogP contribution in [-0.2, 0) is 12.8 Å². The summed E-state index contributed by atoms with van der Waals surface area (Å²) in [5.41, 5.74) is 10.0. The van der Waals surface area contributed by atoms with E-state index < -0.39 is 0 Å². The minimum atomic E-state index is 0.115. The number of hydrogen-bond donors (Lipinski definition) is 1. The van der Waals surface area contributed by atoms with E-state index in [1.807, 2.05) is 0 Å². The standard InChI is InChI=1S/C35H47N3O/c1-5-7-27-19-32(25-9-10-25)33(26-11-12-26)20-28(27)22-37-16-13-29(14-17-37)38-18-15-35-30(23(38)3)21-31(24(4)39)34(36-35)8-6-2/h7,19-21,25-26,28-29,39H,3-6,8-18,22H2,1-2H3/b27-7-. The number of piperidine rings is 1. The quantitative estimate of drug-likeness (QED) is 0.339. The molecular weight excluding hydrogens is 478 g/mol. The van der Waals surface area contributed by atoms with Crippen molar-refractivity contribution < 1.29 is 5.11 Å². The van der Waals surface area contributed by atoms with Crippen molar-refractivity contribution in [2.75, 3.05) is 26.2 Å². The Morgan fingerprint density at radius 1 is 1.05 bits per heavy atom. The number of fused-ring (bicyclic) bond motifs is 1. The van der Waals surface area contributed by atoms with Crippen molar-refractivity contribution in [3.63, 3.8) is 0 Å². The van der Waals surface area contributed by atoms with Crippen LogP contribution in [0.25, 0.3) is 11.5 Å². The van der Waals surface area contributed by atoms with Gasteiger partial charge < -0.3 is 14.9 Å². The molecule has 1 saturated heterocycles. The summed E-state index contributed by atoms with van der Waals surface area (Å²) in [5, 5.41) is 10.2. The maximum Gasteiger partial charge on any atom is 0.117 e. The molecule has 1 unspecified atom stereocenters. The molecule has 0 radical (unpaired) electrons. The van der Waals surface area contributed by atoms with Gasteiger partial charge in [0, 0.05) is 61.4 Å². The Kier molecular flexibility index (Phi) is 7.59. The van der Waals surface area contributed by atoms with E-state index in [2.05, 4.69) is 61.1 Å². The fourth-order valence-corrected chi connectivity index (χ4v) is 7.22. The summed E-state index contributed by atoms with van der Waals surface area (Å²) in [6.07, 6.45) is 19.7. The number of likely N-dealkylation sites (tertiary alicyclic amines) is 1. The number of aliphatic hydroxyl groups excluding tert-OH is 1. The third kappa shape index (κ3) is 5.55. The van der Waals surface area contributed by atoms with Crippen LogP contribution in [0.2, 0.25) is 0 Å². The van der Waals surface area contributed by atoms with Crippen molar-refractivity contribution in [2.45, 2.75) is 84.1 Å². The summed E-state index contributed by atoms with van der Waals surface area (Å²) in [4.78, 5) is 10.2. The van der Waals surface area contributed by atoms with Crippen LogP contribution in [0.5, 0.6) is 0 Å². The molecule has 3 fully saturated rings. The molecule has 4 nitrogen and oxygen atoms in total. The minimum Gasteiger partial charge on any atom is -0.508 e. The molecule has 1 aromatic rings. The summed E-state index contributed by atoms with van der Waals surface area (Å²) < 4.78 is 0. The molecule has 6 rings (SSSR count). The molecule has 39 heavy (non-hydrogen) atoms. The van der Waals surface area contributed by atoms with Crippen molar-refractivity contribution in [2.24, 2.45) is 17.8 Å². The van der Waals surface area contributed by atoms with E-state index in [1.54, 1.807) is 16.7 Å². The third-order valence-electron chi connectivity index (χ3n) is 9.62. The largest absolute Gasteiger partial charge is 0.508 e. The minimum absolute atomic E-state index is 0.115. The predicted octanol–water partition coefficient (Wildman–Crippen LogP) is 7.50. The molecular formula is C35H47N3O.